The zero-order valence-corrected chi connectivity index (χ0v) is 17.0. The van der Waals surface area contributed by atoms with E-state index in [9.17, 15) is 14.4 Å². The predicted octanol–water partition coefficient (Wildman–Crippen LogP) is 3.06. The number of para-hydroxylation sites is 1. The van der Waals surface area contributed by atoms with Crippen molar-refractivity contribution in [2.24, 2.45) is 0 Å². The van der Waals surface area contributed by atoms with Gasteiger partial charge in [-0.15, -0.1) is 0 Å². The number of nitrogens with one attached hydrogen (secondary N) is 1. The van der Waals surface area contributed by atoms with Crippen LogP contribution in [0.2, 0.25) is 0 Å². The molecule has 9 heteroatoms. The van der Waals surface area contributed by atoms with Gasteiger partial charge in [0.05, 0.1) is 34.6 Å². The van der Waals surface area contributed by atoms with Crippen LogP contribution in [0.4, 0.5) is 0 Å². The van der Waals surface area contributed by atoms with Crippen LogP contribution in [-0.2, 0) is 19.1 Å². The van der Waals surface area contributed by atoms with Crippen molar-refractivity contribution in [3.05, 3.63) is 55.4 Å². The smallest absolute Gasteiger partial charge is 0.344 e. The van der Waals surface area contributed by atoms with Gasteiger partial charge in [-0.3, -0.25) is 4.79 Å². The van der Waals surface area contributed by atoms with Crippen molar-refractivity contribution in [2.75, 3.05) is 19.8 Å². The lowest BCUT2D eigenvalue weighted by atomic mass is 9.90. The molecule has 1 aromatic heterocycles. The van der Waals surface area contributed by atoms with E-state index in [1.807, 2.05) is 12.1 Å². The molecule has 0 amide bonds. The first-order valence-electron chi connectivity index (χ1n) is 8.69. The van der Waals surface area contributed by atoms with Gasteiger partial charge in [0.1, 0.15) is 5.75 Å². The Hall–Kier alpha value is -2.52. The highest BCUT2D eigenvalue weighted by Gasteiger charge is 2.34. The molecule has 1 aliphatic heterocycles. The zero-order valence-electron chi connectivity index (χ0n) is 15.4. The molecule has 0 radical (unpaired) electrons. The number of thioether (sulfide) groups is 1. The summed E-state index contributed by atoms with van der Waals surface area (Å²) in [7, 11) is 0. The number of aromatic amines is 1. The number of aromatic nitrogens is 1. The highest BCUT2D eigenvalue weighted by Crippen LogP contribution is 2.46. The van der Waals surface area contributed by atoms with Gasteiger partial charge in [-0.05, 0) is 25.3 Å². The van der Waals surface area contributed by atoms with Crippen LogP contribution in [0, 0.1) is 0 Å². The minimum absolute atomic E-state index is 0.203. The van der Waals surface area contributed by atoms with E-state index in [1.54, 1.807) is 31.4 Å². The summed E-state index contributed by atoms with van der Waals surface area (Å²) in [5.41, 5.74) is 1.09. The van der Waals surface area contributed by atoms with E-state index in [4.69, 9.17) is 14.2 Å². The number of fused-ring (bicyclic) bond motifs is 1. The molecule has 1 atom stereocenters. The van der Waals surface area contributed by atoms with Gasteiger partial charge in [0.25, 0.3) is 0 Å². The van der Waals surface area contributed by atoms with Crippen molar-refractivity contribution in [3.63, 3.8) is 0 Å². The molecule has 1 aromatic carbocycles. The van der Waals surface area contributed by atoms with Gasteiger partial charge in [0.2, 0.25) is 0 Å². The Morgan fingerprint density at radius 1 is 1.14 bits per heavy atom. The molecule has 0 unspecified atom stereocenters. The zero-order chi connectivity index (χ0) is 20.1. The van der Waals surface area contributed by atoms with Crippen LogP contribution in [0.5, 0.6) is 5.75 Å². The number of hydrogen-bond donors (Lipinski definition) is 1. The fourth-order valence-corrected chi connectivity index (χ4v) is 4.88. The summed E-state index contributed by atoms with van der Waals surface area (Å²) in [6.07, 6.45) is 0. The summed E-state index contributed by atoms with van der Waals surface area (Å²) in [5, 5.41) is 2.38. The lowest BCUT2D eigenvalue weighted by Crippen LogP contribution is -2.19. The van der Waals surface area contributed by atoms with Gasteiger partial charge in [-0.25, -0.2) is 9.59 Å². The Morgan fingerprint density at radius 3 is 2.64 bits per heavy atom. The van der Waals surface area contributed by atoms with E-state index < -0.39 is 17.9 Å². The lowest BCUT2D eigenvalue weighted by molar-refractivity contribution is -0.145. The average molecular weight is 421 g/mol. The van der Waals surface area contributed by atoms with E-state index >= 15 is 0 Å². The van der Waals surface area contributed by atoms with Gasteiger partial charge < -0.3 is 19.2 Å². The molecule has 2 heterocycles. The number of benzene rings is 1. The van der Waals surface area contributed by atoms with Gasteiger partial charge in [-0.1, -0.05) is 41.3 Å². The summed E-state index contributed by atoms with van der Waals surface area (Å²) in [5.74, 6) is -1.02. The van der Waals surface area contributed by atoms with Crippen LogP contribution in [0.1, 0.15) is 30.2 Å². The first-order chi connectivity index (χ1) is 13.5. The largest absolute Gasteiger partial charge is 0.482 e. The maximum atomic E-state index is 12.6. The number of H-pyrrole nitrogens is 1. The van der Waals surface area contributed by atoms with Gasteiger partial charge >= 0.3 is 16.8 Å². The van der Waals surface area contributed by atoms with E-state index in [1.165, 1.54) is 11.8 Å². The number of carbonyl (C=O) groups is 2. The highest BCUT2D eigenvalue weighted by atomic mass is 32.2. The number of esters is 2. The molecular formula is C19H19NO6S2. The van der Waals surface area contributed by atoms with Crippen molar-refractivity contribution in [1.82, 2.24) is 4.98 Å². The second kappa shape index (κ2) is 9.11. The van der Waals surface area contributed by atoms with Crippen LogP contribution >= 0.6 is 23.1 Å². The third-order valence-electron chi connectivity index (χ3n) is 3.91. The summed E-state index contributed by atoms with van der Waals surface area (Å²) in [6.45, 7) is 3.71. The molecule has 1 N–H and O–H groups in total. The fourth-order valence-electron chi connectivity index (χ4n) is 2.81. The number of hydrogen-bond acceptors (Lipinski definition) is 8. The average Bonchev–Trinajstić information content (AvgIpc) is 3.06. The molecule has 0 spiro atoms. The molecule has 2 aromatic rings. The van der Waals surface area contributed by atoms with Gasteiger partial charge in [-0.2, -0.15) is 0 Å². The molecule has 0 aliphatic carbocycles. The van der Waals surface area contributed by atoms with E-state index in [-0.39, 0.29) is 24.7 Å². The summed E-state index contributed by atoms with van der Waals surface area (Å²) in [4.78, 5) is 39.5. The Morgan fingerprint density at radius 2 is 1.89 bits per heavy atom. The maximum Gasteiger partial charge on any atom is 0.344 e. The molecule has 3 rings (SSSR count). The van der Waals surface area contributed by atoms with Crippen molar-refractivity contribution in [3.8, 4) is 5.75 Å². The number of ether oxygens (including phenoxy) is 3. The highest BCUT2D eigenvalue weighted by molar-refractivity contribution is 8.02. The van der Waals surface area contributed by atoms with Gasteiger partial charge in [0.15, 0.2) is 6.61 Å². The van der Waals surface area contributed by atoms with Crippen molar-refractivity contribution >= 4 is 35.0 Å². The summed E-state index contributed by atoms with van der Waals surface area (Å²) in [6, 6.07) is 7.11. The monoisotopic (exact) mass is 421 g/mol. The molecule has 0 saturated heterocycles. The lowest BCUT2D eigenvalue weighted by Gasteiger charge is -2.24. The topological polar surface area (TPSA) is 94.7 Å². The first kappa shape index (κ1) is 20.2. The number of thiazole rings is 1. The Balaban J connectivity index is 2.01. The SMILES string of the molecule is CCOC(=O)COc1ccccc1[C@H]1C(C(=O)OCC)=CSc2[nH]c(=O)sc21. The molecule has 28 heavy (non-hydrogen) atoms. The normalized spacial score (nSPS) is 15.4. The van der Waals surface area contributed by atoms with Crippen molar-refractivity contribution in [1.29, 1.82) is 0 Å². The minimum Gasteiger partial charge on any atom is -0.482 e. The summed E-state index contributed by atoms with van der Waals surface area (Å²) >= 11 is 2.32. The number of carbonyl (C=O) groups excluding carboxylic acids is 2. The molecule has 1 aliphatic rings. The van der Waals surface area contributed by atoms with Crippen molar-refractivity contribution < 1.29 is 23.8 Å². The third kappa shape index (κ3) is 4.31. The second-order valence-electron chi connectivity index (χ2n) is 5.68. The first-order valence-corrected chi connectivity index (χ1v) is 10.4. The molecule has 0 fully saturated rings. The molecule has 7 nitrogen and oxygen atoms in total. The fraction of sp³-hybridized carbons (Fsp3) is 0.316. The Bertz CT molecular complexity index is 961. The van der Waals surface area contributed by atoms with Crippen LogP contribution < -0.4 is 9.61 Å². The van der Waals surface area contributed by atoms with E-state index in [2.05, 4.69) is 4.98 Å². The molecule has 148 valence electrons. The van der Waals surface area contributed by atoms with Gasteiger partial charge in [0, 0.05) is 5.56 Å². The second-order valence-corrected chi connectivity index (χ2v) is 7.58. The maximum absolute atomic E-state index is 12.6. The van der Waals surface area contributed by atoms with Crippen LogP contribution in [0.3, 0.4) is 0 Å². The van der Waals surface area contributed by atoms with Crippen LogP contribution in [-0.4, -0.2) is 36.7 Å². The Labute approximate surface area is 169 Å². The third-order valence-corrected chi connectivity index (χ3v) is 5.92. The van der Waals surface area contributed by atoms with E-state index in [0.29, 0.717) is 26.8 Å². The molecule has 0 saturated carbocycles. The molecule has 0 bridgehead atoms. The predicted molar refractivity (Wildman–Crippen MR) is 106 cm³/mol. The van der Waals surface area contributed by atoms with E-state index in [0.717, 1.165) is 11.3 Å². The van der Waals surface area contributed by atoms with Crippen molar-refractivity contribution in [2.45, 2.75) is 24.8 Å². The quantitative estimate of drug-likeness (QED) is 0.687. The number of rotatable bonds is 7. The molecular weight excluding hydrogens is 402 g/mol. The summed E-state index contributed by atoms with van der Waals surface area (Å²) < 4.78 is 15.8. The van der Waals surface area contributed by atoms with Crippen LogP contribution in [0.25, 0.3) is 0 Å². The standard InChI is InChI=1S/C19H19NO6S2/c1-3-24-14(21)9-26-13-8-6-5-7-11(13)15-12(18(22)25-4-2)10-27-17-16(15)28-19(23)20-17/h5-8,10,15H,3-4,9H2,1-2H3,(H,20,23)/t15-/m0/s1. The minimum atomic E-state index is -0.530. The Kier molecular flexibility index (Phi) is 6.58. The van der Waals surface area contributed by atoms with Crippen LogP contribution in [0.15, 0.2) is 45.1 Å².